The zero-order chi connectivity index (χ0) is 11.0. The molecule has 1 aliphatic rings. The van der Waals surface area contributed by atoms with Crippen LogP contribution in [0.5, 0.6) is 0 Å². The molecule has 3 rings (SSSR count). The first-order chi connectivity index (χ1) is 7.88. The molecule has 0 atom stereocenters. The minimum Gasteiger partial charge on any atom is -0.431 e. The van der Waals surface area contributed by atoms with Gasteiger partial charge in [-0.2, -0.15) is 4.98 Å². The van der Waals surface area contributed by atoms with Crippen molar-refractivity contribution in [3.8, 4) is 6.01 Å². The Morgan fingerprint density at radius 2 is 2.25 bits per heavy atom. The van der Waals surface area contributed by atoms with E-state index in [0.717, 1.165) is 18.5 Å². The van der Waals surface area contributed by atoms with Crippen molar-refractivity contribution in [3.05, 3.63) is 29.7 Å². The second-order valence-electron chi connectivity index (χ2n) is 3.97. The Labute approximate surface area is 98.3 Å². The Bertz CT molecular complexity index is 503. The third-order valence-corrected chi connectivity index (χ3v) is 3.19. The fraction of sp³-hybridized carbons (Fsp3) is 0.455. The number of imidazole rings is 1. The van der Waals surface area contributed by atoms with Crippen LogP contribution < -0.4 is 0 Å². The molecule has 0 fully saturated rings. The van der Waals surface area contributed by atoms with E-state index in [4.69, 9.17) is 16.0 Å². The van der Waals surface area contributed by atoms with E-state index >= 15 is 0 Å². The second-order valence-corrected chi connectivity index (χ2v) is 4.24. The van der Waals surface area contributed by atoms with Crippen molar-refractivity contribution in [2.75, 3.05) is 0 Å². The van der Waals surface area contributed by atoms with Crippen molar-refractivity contribution in [2.45, 2.75) is 31.6 Å². The van der Waals surface area contributed by atoms with Crippen LogP contribution in [-0.4, -0.2) is 14.5 Å². The second kappa shape index (κ2) is 3.94. The van der Waals surface area contributed by atoms with Crippen LogP contribution in [-0.2, 0) is 18.7 Å². The summed E-state index contributed by atoms with van der Waals surface area (Å²) in [6.07, 6.45) is 7.93. The first-order valence-electron chi connectivity index (χ1n) is 5.44. The molecule has 0 radical (unpaired) electrons. The van der Waals surface area contributed by atoms with Crippen LogP contribution in [0.1, 0.15) is 29.9 Å². The fourth-order valence-corrected chi connectivity index (χ4v) is 2.23. The van der Waals surface area contributed by atoms with Crippen LogP contribution in [0.25, 0.3) is 6.01 Å². The summed E-state index contributed by atoms with van der Waals surface area (Å²) in [5.41, 5.74) is 3.17. The number of aryl methyl sites for hydroxylation is 1. The monoisotopic (exact) mass is 237 g/mol. The molecule has 2 aromatic heterocycles. The largest absolute Gasteiger partial charge is 0.431 e. The molecule has 2 heterocycles. The van der Waals surface area contributed by atoms with Gasteiger partial charge in [0.05, 0.1) is 23.0 Å². The number of aromatic nitrogens is 3. The van der Waals surface area contributed by atoms with Crippen LogP contribution in [0.15, 0.2) is 17.0 Å². The lowest BCUT2D eigenvalue weighted by Crippen LogP contribution is -2.07. The molecule has 0 aromatic carbocycles. The van der Waals surface area contributed by atoms with Gasteiger partial charge in [-0.05, 0) is 25.7 Å². The van der Waals surface area contributed by atoms with Crippen LogP contribution in [0.3, 0.4) is 0 Å². The summed E-state index contributed by atoms with van der Waals surface area (Å²) < 4.78 is 7.33. The number of oxazole rings is 1. The quantitative estimate of drug-likeness (QED) is 0.754. The van der Waals surface area contributed by atoms with Gasteiger partial charge in [-0.15, -0.1) is 11.6 Å². The molecule has 1 aliphatic carbocycles. The van der Waals surface area contributed by atoms with E-state index in [0.29, 0.717) is 11.9 Å². The van der Waals surface area contributed by atoms with Gasteiger partial charge in [-0.25, -0.2) is 4.98 Å². The zero-order valence-electron chi connectivity index (χ0n) is 8.82. The smallest absolute Gasteiger partial charge is 0.307 e. The molecular weight excluding hydrogens is 226 g/mol. The summed E-state index contributed by atoms with van der Waals surface area (Å²) in [6.45, 7) is 0. The molecular formula is C11H12ClN3O. The summed E-state index contributed by atoms with van der Waals surface area (Å²) in [5, 5.41) is 0. The van der Waals surface area contributed by atoms with Gasteiger partial charge < -0.3 is 4.42 Å². The van der Waals surface area contributed by atoms with Crippen LogP contribution >= 0.6 is 11.6 Å². The predicted molar refractivity (Wildman–Crippen MR) is 59.8 cm³/mol. The van der Waals surface area contributed by atoms with Gasteiger partial charge in [-0.3, -0.25) is 4.57 Å². The van der Waals surface area contributed by atoms with Crippen molar-refractivity contribution in [1.29, 1.82) is 0 Å². The number of hydrogen-bond donors (Lipinski definition) is 0. The summed E-state index contributed by atoms with van der Waals surface area (Å²) in [7, 11) is 0. The molecule has 0 saturated heterocycles. The van der Waals surface area contributed by atoms with Gasteiger partial charge in [0, 0.05) is 0 Å². The van der Waals surface area contributed by atoms with Crippen LogP contribution in [0, 0.1) is 0 Å². The Hall–Kier alpha value is -1.29. The van der Waals surface area contributed by atoms with E-state index in [1.807, 2.05) is 4.57 Å². The summed E-state index contributed by atoms with van der Waals surface area (Å²) in [4.78, 5) is 8.70. The maximum atomic E-state index is 5.70. The van der Waals surface area contributed by atoms with Crippen LogP contribution in [0.2, 0.25) is 0 Å². The topological polar surface area (TPSA) is 43.9 Å². The minimum atomic E-state index is 0.375. The Morgan fingerprint density at radius 1 is 1.38 bits per heavy atom. The highest BCUT2D eigenvalue weighted by Crippen LogP contribution is 2.22. The fourth-order valence-electron chi connectivity index (χ4n) is 2.10. The van der Waals surface area contributed by atoms with Gasteiger partial charge in [-0.1, -0.05) is 0 Å². The van der Waals surface area contributed by atoms with Gasteiger partial charge >= 0.3 is 6.01 Å². The molecule has 0 spiro atoms. The van der Waals surface area contributed by atoms with Crippen molar-refractivity contribution < 1.29 is 4.42 Å². The molecule has 0 unspecified atom stereocenters. The van der Waals surface area contributed by atoms with Crippen molar-refractivity contribution >= 4 is 11.6 Å². The highest BCUT2D eigenvalue weighted by atomic mass is 35.5. The zero-order valence-corrected chi connectivity index (χ0v) is 9.57. The van der Waals surface area contributed by atoms with Crippen molar-refractivity contribution in [1.82, 2.24) is 14.5 Å². The van der Waals surface area contributed by atoms with Crippen molar-refractivity contribution in [3.63, 3.8) is 0 Å². The lowest BCUT2D eigenvalue weighted by Gasteiger charge is -2.11. The molecule has 16 heavy (non-hydrogen) atoms. The van der Waals surface area contributed by atoms with Gasteiger partial charge in [0.2, 0.25) is 0 Å². The lowest BCUT2D eigenvalue weighted by molar-refractivity contribution is 0.516. The molecule has 0 saturated carbocycles. The molecule has 4 nitrogen and oxygen atoms in total. The standard InChI is InChI=1S/C11H12ClN3O/c12-5-8-6-16-11(14-8)15-7-13-9-3-1-2-4-10(9)15/h6-7H,1-5H2. The number of rotatable bonds is 2. The van der Waals surface area contributed by atoms with Crippen LogP contribution in [0.4, 0.5) is 0 Å². The third-order valence-electron chi connectivity index (χ3n) is 2.91. The summed E-state index contributed by atoms with van der Waals surface area (Å²) in [5.74, 6) is 0.375. The molecule has 0 bridgehead atoms. The third kappa shape index (κ3) is 1.53. The SMILES string of the molecule is ClCc1coc(-n2cnc3c2CCCC3)n1. The highest BCUT2D eigenvalue weighted by Gasteiger charge is 2.18. The van der Waals surface area contributed by atoms with E-state index in [2.05, 4.69) is 9.97 Å². The Morgan fingerprint density at radius 3 is 3.06 bits per heavy atom. The lowest BCUT2D eigenvalue weighted by atomic mass is 10.0. The Balaban J connectivity index is 2.02. The number of nitrogens with zero attached hydrogens (tertiary/aromatic N) is 3. The first kappa shape index (κ1) is 9.90. The Kier molecular flexibility index (Phi) is 2.44. The summed E-state index contributed by atoms with van der Waals surface area (Å²) in [6, 6.07) is 0.575. The number of fused-ring (bicyclic) bond motifs is 1. The maximum Gasteiger partial charge on any atom is 0.307 e. The van der Waals surface area contributed by atoms with E-state index < -0.39 is 0 Å². The number of hydrogen-bond acceptors (Lipinski definition) is 3. The summed E-state index contributed by atoms with van der Waals surface area (Å²) >= 11 is 5.70. The molecule has 0 amide bonds. The van der Waals surface area contributed by atoms with E-state index in [-0.39, 0.29) is 0 Å². The average Bonchev–Trinajstić information content (AvgIpc) is 2.94. The van der Waals surface area contributed by atoms with Gasteiger partial charge in [0.15, 0.2) is 0 Å². The maximum absolute atomic E-state index is 5.70. The minimum absolute atomic E-state index is 0.375. The van der Waals surface area contributed by atoms with Crippen molar-refractivity contribution in [2.24, 2.45) is 0 Å². The molecule has 0 N–H and O–H groups in total. The predicted octanol–water partition coefficient (Wildman–Crippen LogP) is 2.48. The number of halogens is 1. The van der Waals surface area contributed by atoms with E-state index in [1.54, 1.807) is 12.6 Å². The molecule has 0 aliphatic heterocycles. The van der Waals surface area contributed by atoms with E-state index in [9.17, 15) is 0 Å². The first-order valence-corrected chi connectivity index (χ1v) is 5.98. The van der Waals surface area contributed by atoms with E-state index in [1.165, 1.54) is 24.2 Å². The average molecular weight is 238 g/mol. The molecule has 84 valence electrons. The number of alkyl halides is 1. The normalized spacial score (nSPS) is 15.1. The van der Waals surface area contributed by atoms with Gasteiger partial charge in [0.1, 0.15) is 12.6 Å². The highest BCUT2D eigenvalue weighted by molar-refractivity contribution is 6.16. The van der Waals surface area contributed by atoms with Gasteiger partial charge in [0.25, 0.3) is 0 Å². The molecule has 5 heteroatoms. The molecule has 2 aromatic rings.